The number of nitrogens with one attached hydrogen (secondary N) is 2. The van der Waals surface area contributed by atoms with E-state index in [0.29, 0.717) is 35.4 Å². The molecule has 5 aliphatic rings. The fraction of sp³-hybridized carbons (Fsp3) is 0.682. The number of halogens is 1. The first-order chi connectivity index (χ1) is 14.8. The summed E-state index contributed by atoms with van der Waals surface area (Å²) in [4.78, 5) is 31.0. The molecule has 2 heterocycles. The van der Waals surface area contributed by atoms with Gasteiger partial charge in [0.2, 0.25) is 0 Å². The van der Waals surface area contributed by atoms with Crippen LogP contribution in [0.5, 0.6) is 0 Å². The predicted octanol–water partition coefficient (Wildman–Crippen LogP) is 2.66. The molecule has 3 atom stereocenters. The highest BCUT2D eigenvalue weighted by Gasteiger charge is 2.56. The second-order valence-corrected chi connectivity index (χ2v) is 10.2. The Hall–Kier alpha value is -2.06. The molecule has 4 saturated carbocycles. The van der Waals surface area contributed by atoms with Gasteiger partial charge in [0, 0.05) is 32.4 Å². The molecule has 1 aliphatic heterocycles. The van der Waals surface area contributed by atoms with E-state index in [1.807, 2.05) is 0 Å². The minimum atomic E-state index is -0.532. The minimum Gasteiger partial charge on any atom is -0.446 e. The lowest BCUT2D eigenvalue weighted by Crippen LogP contribution is -2.58. The molecule has 8 nitrogen and oxygen atoms in total. The number of ether oxygens (including phenoxy) is 1. The first-order valence-corrected chi connectivity index (χ1v) is 11.5. The van der Waals surface area contributed by atoms with Crippen molar-refractivity contribution >= 4 is 29.4 Å². The molecule has 1 aromatic rings. The number of anilines is 1. The summed E-state index contributed by atoms with van der Waals surface area (Å²) in [6.07, 6.45) is 6.44. The van der Waals surface area contributed by atoms with Crippen molar-refractivity contribution in [2.45, 2.75) is 56.3 Å². The second-order valence-electron chi connectivity index (χ2n) is 9.75. The number of aromatic nitrogens is 1. The van der Waals surface area contributed by atoms with Gasteiger partial charge >= 0.3 is 6.09 Å². The first-order valence-electron chi connectivity index (χ1n) is 11.2. The van der Waals surface area contributed by atoms with Gasteiger partial charge in [-0.3, -0.25) is 4.79 Å². The molecule has 1 aromatic heterocycles. The maximum atomic E-state index is 12.9. The zero-order valence-electron chi connectivity index (χ0n) is 17.6. The fourth-order valence-electron chi connectivity index (χ4n) is 6.42. The Balaban J connectivity index is 1.20. The van der Waals surface area contributed by atoms with Crippen LogP contribution >= 0.6 is 11.6 Å². The summed E-state index contributed by atoms with van der Waals surface area (Å²) in [5, 5.41) is 17.0. The van der Waals surface area contributed by atoms with Crippen LogP contribution in [0.25, 0.3) is 0 Å². The lowest BCUT2D eigenvalue weighted by molar-refractivity contribution is -0.177. The highest BCUT2D eigenvalue weighted by molar-refractivity contribution is 6.31. The molecular weight excluding hydrogens is 420 g/mol. The van der Waals surface area contributed by atoms with E-state index in [9.17, 15) is 14.7 Å². The molecule has 1 saturated heterocycles. The molecule has 0 radical (unpaired) electrons. The molecular formula is C22H29ClN4O4. The van der Waals surface area contributed by atoms with Crippen molar-refractivity contribution in [2.75, 3.05) is 25.5 Å². The Kier molecular flexibility index (Phi) is 5.25. The minimum absolute atomic E-state index is 0.0242. The zero-order valence-corrected chi connectivity index (χ0v) is 18.4. The van der Waals surface area contributed by atoms with Crippen LogP contribution in [0, 0.1) is 17.8 Å². The van der Waals surface area contributed by atoms with E-state index in [0.717, 1.165) is 38.5 Å². The molecule has 168 valence electrons. The molecule has 4 bridgehead atoms. The van der Waals surface area contributed by atoms with Gasteiger partial charge in [-0.05, 0) is 62.3 Å². The summed E-state index contributed by atoms with van der Waals surface area (Å²) in [6.45, 7) is 1.08. The van der Waals surface area contributed by atoms with Crippen molar-refractivity contribution in [1.29, 1.82) is 0 Å². The van der Waals surface area contributed by atoms with Crippen LogP contribution in [0.1, 0.15) is 48.9 Å². The van der Waals surface area contributed by atoms with E-state index in [1.54, 1.807) is 18.0 Å². The Labute approximate surface area is 186 Å². The van der Waals surface area contributed by atoms with E-state index < -0.39 is 5.60 Å². The standard InChI is InChI=1S/C22H29ClN4O4/c1-24-20(28)17-6-15(23)10-25-19(17)26-16-2-3-27(11-16)21(29)31-18-13-4-12-5-14(18)9-22(30,7-12)8-13/h6,10,12-14,16,18,30H,2-5,7-9,11H2,1H3,(H,24,28)(H,25,26)/t12?,13?,14?,16-,18?,22?/m1/s1. The number of carbonyl (C=O) groups excluding carboxylic acids is 2. The average molecular weight is 449 g/mol. The van der Waals surface area contributed by atoms with Gasteiger partial charge in [-0.1, -0.05) is 11.6 Å². The van der Waals surface area contributed by atoms with E-state index in [2.05, 4.69) is 15.6 Å². The van der Waals surface area contributed by atoms with E-state index in [1.165, 1.54) is 6.20 Å². The molecule has 3 N–H and O–H groups in total. The normalized spacial score (nSPS) is 35.8. The van der Waals surface area contributed by atoms with Crippen LogP contribution in [0.3, 0.4) is 0 Å². The van der Waals surface area contributed by atoms with Crippen LogP contribution in [0.2, 0.25) is 5.02 Å². The average Bonchev–Trinajstić information content (AvgIpc) is 3.19. The predicted molar refractivity (Wildman–Crippen MR) is 115 cm³/mol. The van der Waals surface area contributed by atoms with Gasteiger partial charge in [-0.15, -0.1) is 0 Å². The molecule has 31 heavy (non-hydrogen) atoms. The summed E-state index contributed by atoms with van der Waals surface area (Å²) in [6, 6.07) is 1.56. The lowest BCUT2D eigenvalue weighted by atomic mass is 9.53. The summed E-state index contributed by atoms with van der Waals surface area (Å²) in [5.74, 6) is 1.34. The number of pyridine rings is 1. The van der Waals surface area contributed by atoms with Gasteiger partial charge in [0.25, 0.3) is 5.91 Å². The second kappa shape index (κ2) is 7.81. The van der Waals surface area contributed by atoms with Crippen molar-refractivity contribution < 1.29 is 19.4 Å². The molecule has 0 spiro atoms. The van der Waals surface area contributed by atoms with Crippen molar-refractivity contribution in [1.82, 2.24) is 15.2 Å². The number of likely N-dealkylation sites (tertiary alicyclic amines) is 1. The maximum absolute atomic E-state index is 12.9. The number of amides is 2. The van der Waals surface area contributed by atoms with Crippen molar-refractivity contribution in [3.8, 4) is 0 Å². The third-order valence-electron chi connectivity index (χ3n) is 7.50. The Morgan fingerprint density at radius 1 is 1.29 bits per heavy atom. The number of carbonyl (C=O) groups is 2. The van der Waals surface area contributed by atoms with Crippen LogP contribution in [-0.2, 0) is 4.74 Å². The van der Waals surface area contributed by atoms with Gasteiger partial charge in [0.15, 0.2) is 0 Å². The molecule has 6 rings (SSSR count). The highest BCUT2D eigenvalue weighted by Crippen LogP contribution is 2.56. The van der Waals surface area contributed by atoms with E-state index in [4.69, 9.17) is 16.3 Å². The summed E-state index contributed by atoms with van der Waals surface area (Å²) >= 11 is 6.00. The van der Waals surface area contributed by atoms with Gasteiger partial charge in [-0.25, -0.2) is 9.78 Å². The molecule has 2 amide bonds. The Bertz CT molecular complexity index is 880. The quantitative estimate of drug-likeness (QED) is 0.654. The van der Waals surface area contributed by atoms with Gasteiger partial charge in [0.05, 0.1) is 16.2 Å². The molecule has 2 unspecified atom stereocenters. The van der Waals surface area contributed by atoms with Gasteiger partial charge in [-0.2, -0.15) is 0 Å². The van der Waals surface area contributed by atoms with Crippen LogP contribution < -0.4 is 10.6 Å². The molecule has 5 fully saturated rings. The van der Waals surface area contributed by atoms with Crippen molar-refractivity contribution in [3.05, 3.63) is 22.8 Å². The lowest BCUT2D eigenvalue weighted by Gasteiger charge is -2.57. The highest BCUT2D eigenvalue weighted by atomic mass is 35.5. The summed E-state index contributed by atoms with van der Waals surface area (Å²) in [5.41, 5.74) is -0.154. The monoisotopic (exact) mass is 448 g/mol. The van der Waals surface area contributed by atoms with Crippen LogP contribution in [0.4, 0.5) is 10.6 Å². The molecule has 0 aromatic carbocycles. The number of hydrogen-bond donors (Lipinski definition) is 3. The van der Waals surface area contributed by atoms with Crippen molar-refractivity contribution in [2.24, 2.45) is 17.8 Å². The largest absolute Gasteiger partial charge is 0.446 e. The van der Waals surface area contributed by atoms with Crippen molar-refractivity contribution in [3.63, 3.8) is 0 Å². The van der Waals surface area contributed by atoms with E-state index >= 15 is 0 Å². The topological polar surface area (TPSA) is 104 Å². The number of aliphatic hydroxyl groups is 1. The van der Waals surface area contributed by atoms with E-state index in [-0.39, 0.29) is 36.0 Å². The van der Waals surface area contributed by atoms with Gasteiger partial charge < -0.3 is 25.4 Å². The molecule has 4 aliphatic carbocycles. The van der Waals surface area contributed by atoms with Gasteiger partial charge in [0.1, 0.15) is 11.9 Å². The maximum Gasteiger partial charge on any atom is 0.410 e. The smallest absolute Gasteiger partial charge is 0.410 e. The number of hydrogen-bond acceptors (Lipinski definition) is 6. The SMILES string of the molecule is CNC(=O)c1cc(Cl)cnc1N[C@@H]1CCN(C(=O)OC2C3CC4CC2CC(O)(C4)C3)C1. The third-order valence-corrected chi connectivity index (χ3v) is 7.71. The fourth-order valence-corrected chi connectivity index (χ4v) is 6.58. The molecule has 9 heteroatoms. The summed E-state index contributed by atoms with van der Waals surface area (Å²) in [7, 11) is 1.56. The Morgan fingerprint density at radius 3 is 2.71 bits per heavy atom. The zero-order chi connectivity index (χ0) is 21.8. The van der Waals surface area contributed by atoms with Crippen LogP contribution in [-0.4, -0.2) is 64.9 Å². The Morgan fingerprint density at radius 2 is 2.03 bits per heavy atom. The summed E-state index contributed by atoms with van der Waals surface area (Å²) < 4.78 is 6.00. The van der Waals surface area contributed by atoms with Crippen LogP contribution in [0.15, 0.2) is 12.3 Å². The first kappa shape index (κ1) is 20.8. The number of rotatable bonds is 4. The third kappa shape index (κ3) is 3.96. The number of nitrogens with zero attached hydrogens (tertiary/aromatic N) is 2.